The highest BCUT2D eigenvalue weighted by atomic mass is 35.5. The summed E-state index contributed by atoms with van der Waals surface area (Å²) in [4.78, 5) is 27.7. The first-order valence-corrected chi connectivity index (χ1v) is 12.2. The highest BCUT2D eigenvalue weighted by Crippen LogP contribution is 2.28. The Hall–Kier alpha value is -4.50. The molecule has 0 saturated heterocycles. The zero-order valence-corrected chi connectivity index (χ0v) is 21.4. The second-order valence-corrected chi connectivity index (χ2v) is 8.99. The quantitative estimate of drug-likeness (QED) is 0.229. The van der Waals surface area contributed by atoms with E-state index in [0.29, 0.717) is 11.1 Å². The molecule has 0 saturated carbocycles. The summed E-state index contributed by atoms with van der Waals surface area (Å²) >= 11 is 5.80. The normalized spacial score (nSPS) is 11.5. The van der Waals surface area contributed by atoms with Crippen molar-refractivity contribution < 1.29 is 33.0 Å². The van der Waals surface area contributed by atoms with Gasteiger partial charge in [0.05, 0.1) is 11.4 Å². The number of ether oxygens (including phenoxy) is 2. The van der Waals surface area contributed by atoms with Crippen molar-refractivity contribution in [1.29, 1.82) is 0 Å². The summed E-state index contributed by atoms with van der Waals surface area (Å²) in [6, 6.07) is 18.3. The Labute approximate surface area is 228 Å². The van der Waals surface area contributed by atoms with Gasteiger partial charge in [0.1, 0.15) is 34.8 Å². The SMILES string of the molecule is CC(CC(=O)O)Oc1ccc(-c2ccc(CNC(=O)c3cccnc3Oc3ccc(F)c(Cl)c3)cc2)c(F)c1. The Morgan fingerprint density at radius 1 is 1.00 bits per heavy atom. The maximum atomic E-state index is 14.7. The first-order valence-electron chi connectivity index (χ1n) is 11.8. The Balaban J connectivity index is 1.39. The molecule has 0 aliphatic carbocycles. The van der Waals surface area contributed by atoms with Gasteiger partial charge in [0.2, 0.25) is 5.88 Å². The van der Waals surface area contributed by atoms with E-state index in [0.717, 1.165) is 11.6 Å². The van der Waals surface area contributed by atoms with Gasteiger partial charge in [-0.2, -0.15) is 0 Å². The number of benzene rings is 3. The molecule has 4 rings (SSSR count). The molecule has 3 aromatic carbocycles. The molecule has 0 aliphatic heterocycles. The number of aromatic nitrogens is 1. The third kappa shape index (κ3) is 7.30. The maximum Gasteiger partial charge on any atom is 0.307 e. The van der Waals surface area contributed by atoms with Crippen LogP contribution in [0.1, 0.15) is 29.3 Å². The number of carboxylic acids is 1. The smallest absolute Gasteiger partial charge is 0.307 e. The Kier molecular flexibility index (Phi) is 8.73. The molecule has 200 valence electrons. The minimum atomic E-state index is -1.000. The number of carboxylic acid groups (broad SMARTS) is 1. The topological polar surface area (TPSA) is 97.8 Å². The van der Waals surface area contributed by atoms with Gasteiger partial charge in [0, 0.05) is 30.4 Å². The second-order valence-electron chi connectivity index (χ2n) is 8.58. The van der Waals surface area contributed by atoms with Crippen LogP contribution in [0.2, 0.25) is 5.02 Å². The van der Waals surface area contributed by atoms with E-state index in [1.807, 2.05) is 0 Å². The Bertz CT molecular complexity index is 1500. The van der Waals surface area contributed by atoms with Crippen molar-refractivity contribution in [2.45, 2.75) is 26.0 Å². The first-order chi connectivity index (χ1) is 18.7. The van der Waals surface area contributed by atoms with Crippen molar-refractivity contribution in [2.24, 2.45) is 0 Å². The van der Waals surface area contributed by atoms with Crippen molar-refractivity contribution in [3.63, 3.8) is 0 Å². The average molecular weight is 553 g/mol. The number of hydrogen-bond acceptors (Lipinski definition) is 5. The number of nitrogens with one attached hydrogen (secondary N) is 1. The predicted octanol–water partition coefficient (Wildman–Crippen LogP) is 6.64. The van der Waals surface area contributed by atoms with E-state index in [-0.39, 0.29) is 40.9 Å². The highest BCUT2D eigenvalue weighted by molar-refractivity contribution is 6.30. The van der Waals surface area contributed by atoms with Crippen LogP contribution < -0.4 is 14.8 Å². The van der Waals surface area contributed by atoms with Crippen LogP contribution in [-0.2, 0) is 11.3 Å². The van der Waals surface area contributed by atoms with Crippen LogP contribution in [0, 0.1) is 11.6 Å². The number of rotatable bonds is 10. The molecular weight excluding hydrogens is 530 g/mol. The summed E-state index contributed by atoms with van der Waals surface area (Å²) in [5, 5.41) is 11.5. The summed E-state index contributed by atoms with van der Waals surface area (Å²) in [5.74, 6) is -2.03. The fourth-order valence-electron chi connectivity index (χ4n) is 3.70. The molecule has 2 N–H and O–H groups in total. The van der Waals surface area contributed by atoms with Crippen LogP contribution in [-0.4, -0.2) is 28.1 Å². The van der Waals surface area contributed by atoms with Gasteiger partial charge in [-0.1, -0.05) is 35.9 Å². The lowest BCUT2D eigenvalue weighted by Gasteiger charge is -2.14. The summed E-state index contributed by atoms with van der Waals surface area (Å²) in [7, 11) is 0. The first kappa shape index (κ1) is 27.5. The molecule has 0 spiro atoms. The maximum absolute atomic E-state index is 14.7. The van der Waals surface area contributed by atoms with E-state index in [1.54, 1.807) is 55.5 Å². The van der Waals surface area contributed by atoms with Gasteiger partial charge in [-0.05, 0) is 54.4 Å². The van der Waals surface area contributed by atoms with Crippen molar-refractivity contribution in [2.75, 3.05) is 0 Å². The largest absolute Gasteiger partial charge is 0.490 e. The van der Waals surface area contributed by atoms with Gasteiger partial charge >= 0.3 is 5.97 Å². The zero-order valence-electron chi connectivity index (χ0n) is 20.7. The number of nitrogens with zero attached hydrogens (tertiary/aromatic N) is 1. The van der Waals surface area contributed by atoms with E-state index in [2.05, 4.69) is 10.3 Å². The number of halogens is 3. The van der Waals surface area contributed by atoms with Gasteiger partial charge in [-0.25, -0.2) is 13.8 Å². The molecule has 10 heteroatoms. The van der Waals surface area contributed by atoms with Crippen molar-refractivity contribution in [3.8, 4) is 28.5 Å². The molecule has 1 heterocycles. The number of pyridine rings is 1. The molecule has 7 nitrogen and oxygen atoms in total. The van der Waals surface area contributed by atoms with E-state index >= 15 is 0 Å². The van der Waals surface area contributed by atoms with E-state index < -0.39 is 29.6 Å². The lowest BCUT2D eigenvalue weighted by Crippen LogP contribution is -2.23. The summed E-state index contributed by atoms with van der Waals surface area (Å²) in [6.45, 7) is 1.79. The van der Waals surface area contributed by atoms with Crippen molar-refractivity contribution >= 4 is 23.5 Å². The minimum absolute atomic E-state index is 0.0354. The fraction of sp³-hybridized carbons (Fsp3) is 0.138. The monoisotopic (exact) mass is 552 g/mol. The molecule has 0 radical (unpaired) electrons. The molecule has 0 aliphatic rings. The van der Waals surface area contributed by atoms with Crippen LogP contribution in [0.5, 0.6) is 17.4 Å². The molecule has 4 aromatic rings. The predicted molar refractivity (Wildman–Crippen MR) is 141 cm³/mol. The highest BCUT2D eigenvalue weighted by Gasteiger charge is 2.16. The molecule has 1 amide bonds. The minimum Gasteiger partial charge on any atom is -0.490 e. The van der Waals surface area contributed by atoms with Crippen molar-refractivity contribution in [1.82, 2.24) is 10.3 Å². The van der Waals surface area contributed by atoms with E-state index in [4.69, 9.17) is 26.2 Å². The Morgan fingerprint density at radius 3 is 2.44 bits per heavy atom. The molecule has 39 heavy (non-hydrogen) atoms. The summed E-state index contributed by atoms with van der Waals surface area (Å²) in [6.07, 6.45) is 0.669. The molecule has 1 aromatic heterocycles. The zero-order chi connectivity index (χ0) is 27.9. The summed E-state index contributed by atoms with van der Waals surface area (Å²) < 4.78 is 39.3. The lowest BCUT2D eigenvalue weighted by molar-refractivity contribution is -0.138. The molecule has 1 unspecified atom stereocenters. The number of amides is 1. The van der Waals surface area contributed by atoms with Gasteiger partial charge in [-0.3, -0.25) is 9.59 Å². The second kappa shape index (κ2) is 12.4. The van der Waals surface area contributed by atoms with Crippen LogP contribution in [0.25, 0.3) is 11.1 Å². The fourth-order valence-corrected chi connectivity index (χ4v) is 3.87. The van der Waals surface area contributed by atoms with Crippen LogP contribution >= 0.6 is 11.6 Å². The van der Waals surface area contributed by atoms with Gasteiger partial charge < -0.3 is 19.9 Å². The van der Waals surface area contributed by atoms with Crippen LogP contribution in [0.3, 0.4) is 0 Å². The number of carbonyl (C=O) groups excluding carboxylic acids is 1. The lowest BCUT2D eigenvalue weighted by atomic mass is 10.0. The molecular formula is C29H23ClF2N2O5. The Morgan fingerprint density at radius 2 is 1.74 bits per heavy atom. The van der Waals surface area contributed by atoms with Crippen LogP contribution in [0.4, 0.5) is 8.78 Å². The van der Waals surface area contributed by atoms with E-state index in [1.165, 1.54) is 24.4 Å². The van der Waals surface area contributed by atoms with Crippen LogP contribution in [0.15, 0.2) is 79.0 Å². The van der Waals surface area contributed by atoms with Gasteiger partial charge in [0.25, 0.3) is 5.91 Å². The van der Waals surface area contributed by atoms with Crippen molar-refractivity contribution in [3.05, 3.63) is 107 Å². The van der Waals surface area contributed by atoms with E-state index in [9.17, 15) is 18.4 Å². The van der Waals surface area contributed by atoms with Gasteiger partial charge in [0.15, 0.2) is 0 Å². The number of hydrogen-bond donors (Lipinski definition) is 2. The standard InChI is InChI=1S/C29H23ClF2N2O5/c1-17(13-27(35)36)38-21-8-10-22(26(32)15-21)19-6-4-18(5-7-19)16-34-28(37)23-3-2-12-33-29(23)39-20-9-11-25(31)24(30)14-20/h2-12,14-15,17H,13,16H2,1H3,(H,34,37)(H,35,36). The molecule has 0 fully saturated rings. The summed E-state index contributed by atoms with van der Waals surface area (Å²) in [5.41, 5.74) is 1.92. The molecule has 1 atom stereocenters. The third-order valence-corrected chi connectivity index (χ3v) is 5.87. The third-order valence-electron chi connectivity index (χ3n) is 5.58. The molecule has 0 bridgehead atoms. The average Bonchev–Trinajstić information content (AvgIpc) is 2.90. The number of aliphatic carboxylic acids is 1. The van der Waals surface area contributed by atoms with Gasteiger partial charge in [-0.15, -0.1) is 0 Å². The number of carbonyl (C=O) groups is 2.